The van der Waals surface area contributed by atoms with E-state index in [0.29, 0.717) is 5.56 Å². The second-order valence-corrected chi connectivity index (χ2v) is 5.05. The third-order valence-corrected chi connectivity index (χ3v) is 3.41. The van der Waals surface area contributed by atoms with Gasteiger partial charge in [-0.3, -0.25) is 4.57 Å². The van der Waals surface area contributed by atoms with Crippen LogP contribution < -0.4 is 5.73 Å². The Labute approximate surface area is 95.1 Å². The molecule has 0 radical (unpaired) electrons. The number of rotatable bonds is 3. The molecular weight excluding hydrogens is 237 g/mol. The SMILES string of the molecule is Cc1ccc(C(CN)P(=O)(O)O)cc1.Cl. The fourth-order valence-electron chi connectivity index (χ4n) is 1.26. The summed E-state index contributed by atoms with van der Waals surface area (Å²) < 4.78 is 11.1. The van der Waals surface area contributed by atoms with Gasteiger partial charge < -0.3 is 15.5 Å². The molecule has 0 bridgehead atoms. The highest BCUT2D eigenvalue weighted by atomic mass is 35.5. The van der Waals surface area contributed by atoms with Crippen LogP contribution in [0.25, 0.3) is 0 Å². The molecule has 0 aromatic heterocycles. The van der Waals surface area contributed by atoms with Crippen LogP contribution in [0.15, 0.2) is 24.3 Å². The van der Waals surface area contributed by atoms with Crippen LogP contribution in [0.4, 0.5) is 0 Å². The number of benzene rings is 1. The van der Waals surface area contributed by atoms with Crippen molar-refractivity contribution in [3.8, 4) is 0 Å². The maximum Gasteiger partial charge on any atom is 0.334 e. The Morgan fingerprint density at radius 1 is 1.33 bits per heavy atom. The summed E-state index contributed by atoms with van der Waals surface area (Å²) in [6.07, 6.45) is 0. The number of hydrogen-bond donors (Lipinski definition) is 3. The first kappa shape index (κ1) is 14.6. The molecule has 15 heavy (non-hydrogen) atoms. The van der Waals surface area contributed by atoms with Crippen LogP contribution in [0.5, 0.6) is 0 Å². The van der Waals surface area contributed by atoms with E-state index in [1.807, 2.05) is 19.1 Å². The van der Waals surface area contributed by atoms with Crippen LogP contribution in [0.3, 0.4) is 0 Å². The molecule has 6 heteroatoms. The summed E-state index contributed by atoms with van der Waals surface area (Å²) >= 11 is 0. The van der Waals surface area contributed by atoms with E-state index in [-0.39, 0.29) is 19.0 Å². The van der Waals surface area contributed by atoms with Gasteiger partial charge in [-0.05, 0) is 12.5 Å². The summed E-state index contributed by atoms with van der Waals surface area (Å²) in [5, 5.41) is 0. The third kappa shape index (κ3) is 3.93. The van der Waals surface area contributed by atoms with Crippen LogP contribution in [-0.4, -0.2) is 16.3 Å². The van der Waals surface area contributed by atoms with Crippen molar-refractivity contribution in [2.45, 2.75) is 12.6 Å². The standard InChI is InChI=1S/C9H14NO3P.ClH/c1-7-2-4-8(5-3-7)9(6-10)14(11,12)13;/h2-5,9H,6,10H2,1H3,(H2,11,12,13);1H. The smallest absolute Gasteiger partial charge is 0.329 e. The van der Waals surface area contributed by atoms with Gasteiger partial charge in [0.15, 0.2) is 0 Å². The Balaban J connectivity index is 0.00000196. The molecule has 0 saturated carbocycles. The minimum absolute atomic E-state index is 0. The largest absolute Gasteiger partial charge is 0.334 e. The molecular formula is C9H15ClNO3P. The van der Waals surface area contributed by atoms with Crippen molar-refractivity contribution in [2.75, 3.05) is 6.54 Å². The molecule has 0 spiro atoms. The van der Waals surface area contributed by atoms with Crippen molar-refractivity contribution in [1.29, 1.82) is 0 Å². The van der Waals surface area contributed by atoms with E-state index in [9.17, 15) is 4.57 Å². The van der Waals surface area contributed by atoms with E-state index in [4.69, 9.17) is 15.5 Å². The van der Waals surface area contributed by atoms with E-state index in [1.165, 1.54) is 0 Å². The maximum absolute atomic E-state index is 11.1. The van der Waals surface area contributed by atoms with Gasteiger partial charge in [0.1, 0.15) is 0 Å². The van der Waals surface area contributed by atoms with Gasteiger partial charge in [-0.2, -0.15) is 0 Å². The predicted molar refractivity (Wildman–Crippen MR) is 62.3 cm³/mol. The molecule has 1 aromatic rings. The molecule has 1 atom stereocenters. The first-order chi connectivity index (χ1) is 6.45. The lowest BCUT2D eigenvalue weighted by Crippen LogP contribution is -2.12. The highest BCUT2D eigenvalue weighted by molar-refractivity contribution is 7.52. The molecule has 0 saturated heterocycles. The number of nitrogens with two attached hydrogens (primary N) is 1. The number of aryl methyl sites for hydroxylation is 1. The van der Waals surface area contributed by atoms with Gasteiger partial charge in [-0.25, -0.2) is 0 Å². The minimum atomic E-state index is -4.14. The zero-order valence-corrected chi connectivity index (χ0v) is 10.0. The van der Waals surface area contributed by atoms with Crippen molar-refractivity contribution < 1.29 is 14.4 Å². The zero-order valence-electron chi connectivity index (χ0n) is 8.33. The second-order valence-electron chi connectivity index (χ2n) is 3.25. The average Bonchev–Trinajstić information content (AvgIpc) is 2.07. The minimum Gasteiger partial charge on any atom is -0.329 e. The lowest BCUT2D eigenvalue weighted by atomic mass is 10.1. The van der Waals surface area contributed by atoms with Crippen molar-refractivity contribution in [2.24, 2.45) is 5.73 Å². The fraction of sp³-hybridized carbons (Fsp3) is 0.333. The topological polar surface area (TPSA) is 83.6 Å². The van der Waals surface area contributed by atoms with E-state index >= 15 is 0 Å². The molecule has 0 heterocycles. The van der Waals surface area contributed by atoms with Gasteiger partial charge in [0.2, 0.25) is 0 Å². The zero-order chi connectivity index (χ0) is 10.8. The predicted octanol–water partition coefficient (Wildman–Crippen LogP) is 1.59. The molecule has 1 aromatic carbocycles. The molecule has 0 aliphatic heterocycles. The summed E-state index contributed by atoms with van der Waals surface area (Å²) in [4.78, 5) is 18.1. The summed E-state index contributed by atoms with van der Waals surface area (Å²) in [6, 6.07) is 7.03. The van der Waals surface area contributed by atoms with E-state index in [2.05, 4.69) is 0 Å². The summed E-state index contributed by atoms with van der Waals surface area (Å²) in [5.41, 5.74) is 6.09. The van der Waals surface area contributed by atoms with Gasteiger partial charge in [-0.1, -0.05) is 29.8 Å². The van der Waals surface area contributed by atoms with Gasteiger partial charge in [0, 0.05) is 6.54 Å². The average molecular weight is 252 g/mol. The first-order valence-electron chi connectivity index (χ1n) is 4.27. The summed E-state index contributed by atoms with van der Waals surface area (Å²) in [6.45, 7) is 1.87. The first-order valence-corrected chi connectivity index (χ1v) is 5.95. The van der Waals surface area contributed by atoms with Crippen molar-refractivity contribution in [3.05, 3.63) is 35.4 Å². The van der Waals surface area contributed by atoms with Crippen LogP contribution in [0.1, 0.15) is 16.8 Å². The molecule has 0 amide bonds. The Hall–Kier alpha value is -0.380. The quantitative estimate of drug-likeness (QED) is 0.713. The maximum atomic E-state index is 11.1. The monoisotopic (exact) mass is 251 g/mol. The van der Waals surface area contributed by atoms with Gasteiger partial charge in [0.25, 0.3) is 0 Å². The van der Waals surface area contributed by atoms with Crippen molar-refractivity contribution >= 4 is 20.0 Å². The molecule has 0 aliphatic rings. The molecule has 4 N–H and O–H groups in total. The molecule has 1 unspecified atom stereocenters. The Morgan fingerprint density at radius 3 is 2.13 bits per heavy atom. The normalized spacial score (nSPS) is 13.1. The van der Waals surface area contributed by atoms with E-state index in [1.54, 1.807) is 12.1 Å². The number of hydrogen-bond acceptors (Lipinski definition) is 2. The third-order valence-electron chi connectivity index (χ3n) is 2.09. The van der Waals surface area contributed by atoms with Gasteiger partial charge in [0.05, 0.1) is 5.66 Å². The van der Waals surface area contributed by atoms with Crippen LogP contribution in [0, 0.1) is 6.92 Å². The molecule has 0 aliphatic carbocycles. The van der Waals surface area contributed by atoms with Crippen molar-refractivity contribution in [3.63, 3.8) is 0 Å². The van der Waals surface area contributed by atoms with E-state index < -0.39 is 13.3 Å². The highest BCUT2D eigenvalue weighted by Crippen LogP contribution is 2.50. The Morgan fingerprint density at radius 2 is 1.80 bits per heavy atom. The molecule has 1 rings (SSSR count). The van der Waals surface area contributed by atoms with Crippen molar-refractivity contribution in [1.82, 2.24) is 0 Å². The fourth-order valence-corrected chi connectivity index (χ4v) is 2.09. The van der Waals surface area contributed by atoms with Gasteiger partial charge in [-0.15, -0.1) is 12.4 Å². The summed E-state index contributed by atoms with van der Waals surface area (Å²) in [5.74, 6) is 0. The lowest BCUT2D eigenvalue weighted by Gasteiger charge is -2.16. The van der Waals surface area contributed by atoms with Crippen LogP contribution in [0.2, 0.25) is 0 Å². The molecule has 4 nitrogen and oxygen atoms in total. The highest BCUT2D eigenvalue weighted by Gasteiger charge is 2.28. The Kier molecular flexibility index (Phi) is 5.49. The molecule has 0 fully saturated rings. The summed E-state index contributed by atoms with van der Waals surface area (Å²) in [7, 11) is -4.14. The Bertz CT molecular complexity index is 349. The lowest BCUT2D eigenvalue weighted by molar-refractivity contribution is 0.359. The van der Waals surface area contributed by atoms with Crippen LogP contribution in [-0.2, 0) is 4.57 Å². The van der Waals surface area contributed by atoms with E-state index in [0.717, 1.165) is 5.56 Å². The van der Waals surface area contributed by atoms with Crippen LogP contribution >= 0.6 is 20.0 Å². The molecule has 86 valence electrons. The number of halogens is 1. The van der Waals surface area contributed by atoms with Gasteiger partial charge >= 0.3 is 7.60 Å². The second kappa shape index (κ2) is 5.64.